The maximum atomic E-state index is 12.1. The van der Waals surface area contributed by atoms with Gasteiger partial charge in [-0.25, -0.2) is 9.78 Å². The Labute approximate surface area is 125 Å². The van der Waals surface area contributed by atoms with E-state index in [-0.39, 0.29) is 11.5 Å². The largest absolute Gasteiger partial charge is 0.457 e. The number of aromatic nitrogens is 1. The first-order chi connectivity index (χ1) is 9.24. The number of rotatable bonds is 5. The smallest absolute Gasteiger partial charge is 0.338 e. The van der Waals surface area contributed by atoms with Crippen LogP contribution in [-0.2, 0) is 14.9 Å². The molecule has 20 heavy (non-hydrogen) atoms. The first kappa shape index (κ1) is 16.9. The predicted octanol–water partition coefficient (Wildman–Crippen LogP) is 3.61. The first-order valence-corrected chi connectivity index (χ1v) is 7.08. The molecule has 1 aromatic rings. The lowest BCUT2D eigenvalue weighted by atomic mass is 9.91. The van der Waals surface area contributed by atoms with Gasteiger partial charge in [0.2, 0.25) is 0 Å². The molecule has 1 atom stereocenters. The van der Waals surface area contributed by atoms with Crippen molar-refractivity contribution < 1.29 is 14.3 Å². The van der Waals surface area contributed by atoms with Gasteiger partial charge in [0.15, 0.2) is 0 Å². The van der Waals surface area contributed by atoms with E-state index in [1.54, 1.807) is 13.0 Å². The van der Waals surface area contributed by atoms with Crippen molar-refractivity contribution in [2.24, 2.45) is 0 Å². The van der Waals surface area contributed by atoms with Crippen molar-refractivity contribution in [3.05, 3.63) is 28.5 Å². The summed E-state index contributed by atoms with van der Waals surface area (Å²) in [5.74, 6) is -0.410. The standard InChI is InChI=1S/C15H22ClNO3/c1-6-19-9-10(2)20-14(18)11-7-12(15(3,4)5)17-13(16)8-11/h7-8,10H,6,9H2,1-5H3. The van der Waals surface area contributed by atoms with Gasteiger partial charge in [0, 0.05) is 17.7 Å². The molecule has 0 aliphatic rings. The number of esters is 1. The van der Waals surface area contributed by atoms with E-state index in [0.29, 0.717) is 23.9 Å². The summed E-state index contributed by atoms with van der Waals surface area (Å²) < 4.78 is 10.5. The molecule has 0 saturated heterocycles. The number of hydrogen-bond acceptors (Lipinski definition) is 4. The van der Waals surface area contributed by atoms with E-state index in [1.165, 1.54) is 6.07 Å². The third-order valence-corrected chi connectivity index (χ3v) is 2.86. The highest BCUT2D eigenvalue weighted by Gasteiger charge is 2.20. The Morgan fingerprint density at radius 1 is 1.40 bits per heavy atom. The number of pyridine rings is 1. The molecule has 1 aromatic heterocycles. The van der Waals surface area contributed by atoms with Crippen LogP contribution in [0.5, 0.6) is 0 Å². The molecule has 0 bridgehead atoms. The lowest BCUT2D eigenvalue weighted by molar-refractivity contribution is 0.00437. The number of carbonyl (C=O) groups excluding carboxylic acids is 1. The topological polar surface area (TPSA) is 48.4 Å². The highest BCUT2D eigenvalue weighted by Crippen LogP contribution is 2.23. The van der Waals surface area contributed by atoms with Crippen LogP contribution in [-0.4, -0.2) is 30.3 Å². The number of nitrogens with zero attached hydrogens (tertiary/aromatic N) is 1. The van der Waals surface area contributed by atoms with Crippen LogP contribution in [0.3, 0.4) is 0 Å². The molecule has 0 aliphatic heterocycles. The van der Waals surface area contributed by atoms with Gasteiger partial charge in [-0.1, -0.05) is 32.4 Å². The van der Waals surface area contributed by atoms with Gasteiger partial charge < -0.3 is 9.47 Å². The van der Waals surface area contributed by atoms with Crippen LogP contribution < -0.4 is 0 Å². The molecule has 1 unspecified atom stereocenters. The summed E-state index contributed by atoms with van der Waals surface area (Å²) in [7, 11) is 0. The summed E-state index contributed by atoms with van der Waals surface area (Å²) in [5, 5.41) is 0.293. The highest BCUT2D eigenvalue weighted by molar-refractivity contribution is 6.29. The van der Waals surface area contributed by atoms with Crippen molar-refractivity contribution in [1.82, 2.24) is 4.98 Å². The van der Waals surface area contributed by atoms with E-state index < -0.39 is 5.97 Å². The Bertz CT molecular complexity index is 469. The predicted molar refractivity (Wildman–Crippen MR) is 79.3 cm³/mol. The van der Waals surface area contributed by atoms with Crippen LogP contribution in [0.15, 0.2) is 12.1 Å². The van der Waals surface area contributed by atoms with Gasteiger partial charge in [-0.05, 0) is 26.0 Å². The molecule has 4 nitrogen and oxygen atoms in total. The van der Waals surface area contributed by atoms with Crippen LogP contribution in [0.2, 0.25) is 5.15 Å². The van der Waals surface area contributed by atoms with Crippen LogP contribution in [0.1, 0.15) is 50.7 Å². The molecular formula is C15H22ClNO3. The lowest BCUT2D eigenvalue weighted by Gasteiger charge is -2.19. The molecule has 5 heteroatoms. The van der Waals surface area contributed by atoms with E-state index >= 15 is 0 Å². The van der Waals surface area contributed by atoms with E-state index in [1.807, 2.05) is 27.7 Å². The second-order valence-corrected chi connectivity index (χ2v) is 6.08. The second kappa shape index (κ2) is 7.04. The van der Waals surface area contributed by atoms with Crippen molar-refractivity contribution >= 4 is 17.6 Å². The number of carbonyl (C=O) groups is 1. The van der Waals surface area contributed by atoms with Gasteiger partial charge in [0.05, 0.1) is 12.2 Å². The van der Waals surface area contributed by atoms with Crippen molar-refractivity contribution in [3.63, 3.8) is 0 Å². The van der Waals surface area contributed by atoms with Gasteiger partial charge >= 0.3 is 5.97 Å². The molecular weight excluding hydrogens is 278 g/mol. The molecule has 0 N–H and O–H groups in total. The number of hydrogen-bond donors (Lipinski definition) is 0. The van der Waals surface area contributed by atoms with Crippen LogP contribution >= 0.6 is 11.6 Å². The third kappa shape index (κ3) is 5.10. The summed E-state index contributed by atoms with van der Waals surface area (Å²) in [6, 6.07) is 3.24. The van der Waals surface area contributed by atoms with Gasteiger partial charge in [0.25, 0.3) is 0 Å². The Kier molecular flexibility index (Phi) is 5.96. The van der Waals surface area contributed by atoms with E-state index in [9.17, 15) is 4.79 Å². The van der Waals surface area contributed by atoms with Gasteiger partial charge in [0.1, 0.15) is 11.3 Å². The zero-order valence-electron chi connectivity index (χ0n) is 12.7. The molecule has 0 saturated carbocycles. The van der Waals surface area contributed by atoms with Crippen LogP contribution in [0, 0.1) is 0 Å². The number of ether oxygens (including phenoxy) is 2. The Morgan fingerprint density at radius 3 is 2.60 bits per heavy atom. The molecule has 0 radical (unpaired) electrons. The molecule has 0 aliphatic carbocycles. The highest BCUT2D eigenvalue weighted by atomic mass is 35.5. The first-order valence-electron chi connectivity index (χ1n) is 6.70. The summed E-state index contributed by atoms with van der Waals surface area (Å²) >= 11 is 5.98. The van der Waals surface area contributed by atoms with E-state index in [0.717, 1.165) is 5.69 Å². The molecule has 0 aromatic carbocycles. The van der Waals surface area contributed by atoms with Crippen molar-refractivity contribution in [1.29, 1.82) is 0 Å². The molecule has 0 spiro atoms. The quantitative estimate of drug-likeness (QED) is 0.615. The molecule has 0 fully saturated rings. The van der Waals surface area contributed by atoms with Crippen LogP contribution in [0.4, 0.5) is 0 Å². The molecule has 1 rings (SSSR count). The normalized spacial score (nSPS) is 13.1. The van der Waals surface area contributed by atoms with Crippen LogP contribution in [0.25, 0.3) is 0 Å². The molecule has 112 valence electrons. The van der Waals surface area contributed by atoms with E-state index in [4.69, 9.17) is 21.1 Å². The molecule has 0 amide bonds. The summed E-state index contributed by atoms with van der Waals surface area (Å²) in [4.78, 5) is 16.3. The fraction of sp³-hybridized carbons (Fsp3) is 0.600. The summed E-state index contributed by atoms with van der Waals surface area (Å²) in [6.45, 7) is 10.7. The molecule has 1 heterocycles. The average molecular weight is 300 g/mol. The minimum Gasteiger partial charge on any atom is -0.457 e. The van der Waals surface area contributed by atoms with Gasteiger partial charge in [-0.3, -0.25) is 0 Å². The minimum atomic E-state index is -0.410. The SMILES string of the molecule is CCOCC(C)OC(=O)c1cc(Cl)nc(C(C)(C)C)c1. The minimum absolute atomic E-state index is 0.184. The zero-order valence-corrected chi connectivity index (χ0v) is 13.5. The van der Waals surface area contributed by atoms with Crippen molar-refractivity contribution in [2.45, 2.75) is 46.1 Å². The lowest BCUT2D eigenvalue weighted by Crippen LogP contribution is -2.21. The van der Waals surface area contributed by atoms with Gasteiger partial charge in [-0.2, -0.15) is 0 Å². The Hall–Kier alpha value is -1.13. The summed E-state index contributed by atoms with van der Waals surface area (Å²) in [6.07, 6.45) is -0.299. The zero-order chi connectivity index (χ0) is 15.3. The second-order valence-electron chi connectivity index (χ2n) is 5.69. The average Bonchev–Trinajstić information content (AvgIpc) is 2.34. The summed E-state index contributed by atoms with van der Waals surface area (Å²) in [5.41, 5.74) is 0.990. The van der Waals surface area contributed by atoms with Gasteiger partial charge in [-0.15, -0.1) is 0 Å². The Morgan fingerprint density at radius 2 is 2.05 bits per heavy atom. The Balaban J connectivity index is 2.85. The number of halogens is 1. The van der Waals surface area contributed by atoms with Crippen molar-refractivity contribution in [3.8, 4) is 0 Å². The monoisotopic (exact) mass is 299 g/mol. The fourth-order valence-electron chi connectivity index (χ4n) is 1.57. The maximum absolute atomic E-state index is 12.1. The maximum Gasteiger partial charge on any atom is 0.338 e. The fourth-order valence-corrected chi connectivity index (χ4v) is 1.78. The van der Waals surface area contributed by atoms with E-state index in [2.05, 4.69) is 4.98 Å². The third-order valence-electron chi connectivity index (χ3n) is 2.66. The van der Waals surface area contributed by atoms with Crippen molar-refractivity contribution in [2.75, 3.05) is 13.2 Å².